The summed E-state index contributed by atoms with van der Waals surface area (Å²) < 4.78 is 18.9. The maximum absolute atomic E-state index is 13.6. The first-order valence-corrected chi connectivity index (χ1v) is 6.50. The lowest BCUT2D eigenvalue weighted by Gasteiger charge is -2.22. The molecule has 1 heterocycles. The summed E-state index contributed by atoms with van der Waals surface area (Å²) in [5, 5.41) is 13.3. The minimum absolute atomic E-state index is 0.177. The van der Waals surface area contributed by atoms with E-state index in [9.17, 15) is 9.50 Å². The molecule has 0 unspecified atom stereocenters. The highest BCUT2D eigenvalue weighted by molar-refractivity contribution is 5.54. The molecule has 19 heavy (non-hydrogen) atoms. The molecule has 1 aromatic carbocycles. The molecule has 3 rings (SSSR count). The van der Waals surface area contributed by atoms with Crippen molar-refractivity contribution in [1.82, 2.24) is 10.1 Å². The van der Waals surface area contributed by atoms with Gasteiger partial charge in [-0.05, 0) is 37.8 Å². The molecule has 0 amide bonds. The number of aliphatic hydroxyl groups excluding tert-OH is 1. The van der Waals surface area contributed by atoms with Gasteiger partial charge >= 0.3 is 0 Å². The number of rotatable bonds is 2. The van der Waals surface area contributed by atoms with Gasteiger partial charge in [0.05, 0.1) is 11.7 Å². The monoisotopic (exact) mass is 262 g/mol. The van der Waals surface area contributed by atoms with Crippen molar-refractivity contribution < 1.29 is 14.0 Å². The zero-order valence-corrected chi connectivity index (χ0v) is 10.4. The summed E-state index contributed by atoms with van der Waals surface area (Å²) in [5.74, 6) is 0.662. The first-order chi connectivity index (χ1) is 9.24. The van der Waals surface area contributed by atoms with E-state index in [4.69, 9.17) is 4.52 Å². The van der Waals surface area contributed by atoms with Gasteiger partial charge < -0.3 is 9.63 Å². The van der Waals surface area contributed by atoms with E-state index in [2.05, 4.69) is 10.1 Å². The largest absolute Gasteiger partial charge is 0.393 e. The SMILES string of the molecule is OC1CCC(c2nc(-c3ccccc3F)no2)CC1. The number of halogens is 1. The van der Waals surface area contributed by atoms with Gasteiger partial charge in [-0.2, -0.15) is 4.98 Å². The summed E-state index contributed by atoms with van der Waals surface area (Å²) in [7, 11) is 0. The first-order valence-electron chi connectivity index (χ1n) is 6.50. The van der Waals surface area contributed by atoms with Crippen LogP contribution >= 0.6 is 0 Å². The van der Waals surface area contributed by atoms with Crippen LogP contribution in [0.5, 0.6) is 0 Å². The average Bonchev–Trinajstić information content (AvgIpc) is 2.89. The molecule has 1 aromatic heterocycles. The van der Waals surface area contributed by atoms with Gasteiger partial charge in [0, 0.05) is 5.92 Å². The van der Waals surface area contributed by atoms with Crippen molar-refractivity contribution in [2.24, 2.45) is 0 Å². The second kappa shape index (κ2) is 5.09. The Kier molecular flexibility index (Phi) is 3.29. The van der Waals surface area contributed by atoms with Crippen LogP contribution in [0.1, 0.15) is 37.5 Å². The number of benzene rings is 1. The van der Waals surface area contributed by atoms with Crippen LogP contribution in [0.15, 0.2) is 28.8 Å². The maximum Gasteiger partial charge on any atom is 0.230 e. The van der Waals surface area contributed by atoms with Gasteiger partial charge in [-0.15, -0.1) is 0 Å². The molecule has 1 N–H and O–H groups in total. The third-order valence-corrected chi connectivity index (χ3v) is 3.60. The van der Waals surface area contributed by atoms with Gasteiger partial charge in [-0.25, -0.2) is 4.39 Å². The van der Waals surface area contributed by atoms with Crippen LogP contribution in [-0.2, 0) is 0 Å². The molecule has 1 aliphatic rings. The molecule has 4 nitrogen and oxygen atoms in total. The van der Waals surface area contributed by atoms with Gasteiger partial charge in [-0.1, -0.05) is 17.3 Å². The van der Waals surface area contributed by atoms with Gasteiger partial charge in [0.2, 0.25) is 11.7 Å². The van der Waals surface area contributed by atoms with Gasteiger partial charge in [0.1, 0.15) is 5.82 Å². The van der Waals surface area contributed by atoms with Gasteiger partial charge in [-0.3, -0.25) is 0 Å². The van der Waals surface area contributed by atoms with Crippen LogP contribution in [0, 0.1) is 5.82 Å². The van der Waals surface area contributed by atoms with Crippen molar-refractivity contribution in [3.8, 4) is 11.4 Å². The molecule has 1 aliphatic carbocycles. The summed E-state index contributed by atoms with van der Waals surface area (Å²) in [5.41, 5.74) is 0.355. The lowest BCUT2D eigenvalue weighted by atomic mass is 9.87. The molecular weight excluding hydrogens is 247 g/mol. The summed E-state index contributed by atoms with van der Waals surface area (Å²) in [6.45, 7) is 0. The van der Waals surface area contributed by atoms with Gasteiger partial charge in [0.15, 0.2) is 0 Å². The van der Waals surface area contributed by atoms with Crippen molar-refractivity contribution in [1.29, 1.82) is 0 Å². The summed E-state index contributed by atoms with van der Waals surface area (Å²) in [6, 6.07) is 6.38. The third-order valence-electron chi connectivity index (χ3n) is 3.60. The van der Waals surface area contributed by atoms with E-state index in [1.165, 1.54) is 6.07 Å². The van der Waals surface area contributed by atoms with Crippen LogP contribution in [0.3, 0.4) is 0 Å². The highest BCUT2D eigenvalue weighted by atomic mass is 19.1. The van der Waals surface area contributed by atoms with E-state index in [1.54, 1.807) is 18.2 Å². The van der Waals surface area contributed by atoms with Crippen LogP contribution in [0.25, 0.3) is 11.4 Å². The summed E-state index contributed by atoms with van der Waals surface area (Å²) in [6.07, 6.45) is 2.95. The molecule has 1 saturated carbocycles. The van der Waals surface area contributed by atoms with Crippen molar-refractivity contribution in [3.05, 3.63) is 36.0 Å². The van der Waals surface area contributed by atoms with E-state index in [-0.39, 0.29) is 17.8 Å². The molecule has 2 aromatic rings. The maximum atomic E-state index is 13.6. The van der Waals surface area contributed by atoms with E-state index in [0.29, 0.717) is 17.3 Å². The summed E-state index contributed by atoms with van der Waals surface area (Å²) in [4.78, 5) is 4.29. The molecule has 0 spiro atoms. The number of aliphatic hydroxyl groups is 1. The van der Waals surface area contributed by atoms with E-state index < -0.39 is 0 Å². The number of hydrogen-bond donors (Lipinski definition) is 1. The zero-order chi connectivity index (χ0) is 13.2. The van der Waals surface area contributed by atoms with Crippen molar-refractivity contribution >= 4 is 0 Å². The van der Waals surface area contributed by atoms with Crippen molar-refractivity contribution in [3.63, 3.8) is 0 Å². The Hall–Kier alpha value is -1.75. The lowest BCUT2D eigenvalue weighted by molar-refractivity contribution is 0.116. The fraction of sp³-hybridized carbons (Fsp3) is 0.429. The Morgan fingerprint density at radius 2 is 1.89 bits per heavy atom. The smallest absolute Gasteiger partial charge is 0.230 e. The Balaban J connectivity index is 1.82. The third kappa shape index (κ3) is 2.51. The minimum Gasteiger partial charge on any atom is -0.393 e. The highest BCUT2D eigenvalue weighted by Gasteiger charge is 2.25. The minimum atomic E-state index is -0.353. The first kappa shape index (κ1) is 12.3. The van der Waals surface area contributed by atoms with Crippen molar-refractivity contribution in [2.45, 2.75) is 37.7 Å². The Labute approximate surface area is 110 Å². The van der Waals surface area contributed by atoms with Crippen LogP contribution < -0.4 is 0 Å². The van der Waals surface area contributed by atoms with Crippen molar-refractivity contribution in [2.75, 3.05) is 0 Å². The summed E-state index contributed by atoms with van der Waals surface area (Å²) >= 11 is 0. The predicted molar refractivity (Wildman–Crippen MR) is 66.9 cm³/mol. The number of nitrogens with zero attached hydrogens (tertiary/aromatic N) is 2. The predicted octanol–water partition coefficient (Wildman–Crippen LogP) is 2.89. The zero-order valence-electron chi connectivity index (χ0n) is 10.4. The molecule has 0 aliphatic heterocycles. The van der Waals surface area contributed by atoms with E-state index in [0.717, 1.165) is 25.7 Å². The van der Waals surface area contributed by atoms with Gasteiger partial charge in [0.25, 0.3) is 0 Å². The normalized spacial score (nSPS) is 23.5. The Bertz CT molecular complexity index is 562. The lowest BCUT2D eigenvalue weighted by Crippen LogP contribution is -2.17. The molecule has 0 bridgehead atoms. The Morgan fingerprint density at radius 3 is 2.63 bits per heavy atom. The van der Waals surface area contributed by atoms with Crippen LogP contribution in [-0.4, -0.2) is 21.4 Å². The second-order valence-electron chi connectivity index (χ2n) is 4.94. The number of aromatic nitrogens is 2. The molecule has 0 saturated heterocycles. The quantitative estimate of drug-likeness (QED) is 0.904. The van der Waals surface area contributed by atoms with E-state index >= 15 is 0 Å². The topological polar surface area (TPSA) is 59.2 Å². The highest BCUT2D eigenvalue weighted by Crippen LogP contribution is 2.33. The standard InChI is InChI=1S/C14H15FN2O2/c15-12-4-2-1-3-11(12)13-16-14(19-17-13)9-5-7-10(18)8-6-9/h1-4,9-10,18H,5-8H2. The van der Waals surface area contributed by atoms with E-state index in [1.807, 2.05) is 0 Å². The second-order valence-corrected chi connectivity index (χ2v) is 4.94. The average molecular weight is 262 g/mol. The molecule has 1 fully saturated rings. The fourth-order valence-corrected chi connectivity index (χ4v) is 2.48. The molecular formula is C14H15FN2O2. The molecule has 5 heteroatoms. The fourth-order valence-electron chi connectivity index (χ4n) is 2.48. The van der Waals surface area contributed by atoms with Crippen LogP contribution in [0.2, 0.25) is 0 Å². The molecule has 100 valence electrons. The van der Waals surface area contributed by atoms with Crippen LogP contribution in [0.4, 0.5) is 4.39 Å². The Morgan fingerprint density at radius 1 is 1.16 bits per heavy atom. The molecule has 0 atom stereocenters. The number of hydrogen-bond acceptors (Lipinski definition) is 4. The molecule has 0 radical (unpaired) electrons.